The van der Waals surface area contributed by atoms with Gasteiger partial charge in [0.05, 0.1) is 35.9 Å². The third-order valence-electron chi connectivity index (χ3n) is 6.45. The Kier molecular flexibility index (Phi) is 7.19. The number of H-pyrrole nitrogens is 1. The number of hydrogen-bond donors (Lipinski definition) is 2. The van der Waals surface area contributed by atoms with Crippen LogP contribution in [0.25, 0.3) is 17.7 Å². The highest BCUT2D eigenvalue weighted by atomic mass is 19.2. The number of carbonyl (C=O) groups excluding carboxylic acids is 2. The van der Waals surface area contributed by atoms with Gasteiger partial charge in [-0.1, -0.05) is 30.4 Å². The maximum Gasteiger partial charge on any atom is 0.331 e. The summed E-state index contributed by atoms with van der Waals surface area (Å²) < 4.78 is 28.8. The van der Waals surface area contributed by atoms with Crippen LogP contribution in [-0.4, -0.2) is 30.8 Å². The van der Waals surface area contributed by atoms with Crippen molar-refractivity contribution in [2.75, 3.05) is 5.32 Å². The van der Waals surface area contributed by atoms with Crippen molar-refractivity contribution >= 4 is 35.1 Å². The molecule has 11 heteroatoms. The number of rotatable bonds is 8. The number of nitrogens with one attached hydrogen (secondary N) is 2. The molecule has 2 aromatic heterocycles. The first-order valence-corrected chi connectivity index (χ1v) is 12.3. The monoisotopic (exact) mass is 543 g/mol. The number of halogens is 2. The number of Topliss-reactive ketones (excluding diaryl/α,β-unsaturated/α-hetero) is 1. The zero-order chi connectivity index (χ0) is 28.4. The number of hydrogen-bond acceptors (Lipinski definition) is 5. The standard InChI is InChI=1S/C29H23F2N5O4/c1-35-15-22(28(39)36(29(35)40)14-18-7-9-23(30)24(31)10-18)26(37)5-3-2-4-17-6-8-20-21(12-19-13-32-16-33-19)27(38)34-25(20)11-17/h2,4,6-13,15-16H,3,5,14H2,1H3,(H,32,33)(H,34,38)/b4-2+,21-12-. The predicted molar refractivity (Wildman–Crippen MR) is 146 cm³/mol. The van der Waals surface area contributed by atoms with Crippen LogP contribution in [0, 0.1) is 11.6 Å². The van der Waals surface area contributed by atoms with Crippen molar-refractivity contribution in [3.63, 3.8) is 0 Å². The number of allylic oxidation sites excluding steroid dienone is 1. The molecule has 0 saturated heterocycles. The molecule has 0 saturated carbocycles. The van der Waals surface area contributed by atoms with E-state index in [1.54, 1.807) is 24.4 Å². The number of aromatic nitrogens is 4. The summed E-state index contributed by atoms with van der Waals surface area (Å²) in [5.74, 6) is -2.82. The van der Waals surface area contributed by atoms with Crippen LogP contribution in [0.2, 0.25) is 0 Å². The summed E-state index contributed by atoms with van der Waals surface area (Å²) in [6, 6.07) is 8.59. The Morgan fingerprint density at radius 3 is 2.65 bits per heavy atom. The fourth-order valence-corrected chi connectivity index (χ4v) is 4.41. The van der Waals surface area contributed by atoms with Gasteiger partial charge in [-0.25, -0.2) is 18.6 Å². The zero-order valence-electron chi connectivity index (χ0n) is 21.3. The molecule has 0 bridgehead atoms. The minimum atomic E-state index is -1.10. The first-order chi connectivity index (χ1) is 19.2. The molecule has 40 heavy (non-hydrogen) atoms. The van der Waals surface area contributed by atoms with Crippen molar-refractivity contribution in [3.05, 3.63) is 122 Å². The van der Waals surface area contributed by atoms with E-state index in [1.165, 1.54) is 25.6 Å². The molecule has 1 aliphatic rings. The Hall–Kier alpha value is -5.19. The van der Waals surface area contributed by atoms with Crippen LogP contribution in [0.4, 0.5) is 14.5 Å². The minimum absolute atomic E-state index is 0.00780. The van der Waals surface area contributed by atoms with E-state index in [4.69, 9.17) is 0 Å². The number of amides is 1. The minimum Gasteiger partial charge on any atom is -0.345 e. The second-order valence-corrected chi connectivity index (χ2v) is 9.26. The summed E-state index contributed by atoms with van der Waals surface area (Å²) in [6.07, 6.45) is 9.97. The fourth-order valence-electron chi connectivity index (χ4n) is 4.41. The predicted octanol–water partition coefficient (Wildman–Crippen LogP) is 3.77. The van der Waals surface area contributed by atoms with Gasteiger partial charge in [0.25, 0.3) is 11.5 Å². The van der Waals surface area contributed by atoms with E-state index in [2.05, 4.69) is 15.3 Å². The lowest BCUT2D eigenvalue weighted by Crippen LogP contribution is -2.41. The van der Waals surface area contributed by atoms with E-state index in [-0.39, 0.29) is 30.0 Å². The highest BCUT2D eigenvalue weighted by Crippen LogP contribution is 2.33. The quantitative estimate of drug-likeness (QED) is 0.259. The molecule has 9 nitrogen and oxygen atoms in total. The molecule has 0 atom stereocenters. The third kappa shape index (κ3) is 5.35. The van der Waals surface area contributed by atoms with Crippen LogP contribution in [0.3, 0.4) is 0 Å². The maximum atomic E-state index is 13.6. The Morgan fingerprint density at radius 1 is 1.07 bits per heavy atom. The van der Waals surface area contributed by atoms with E-state index in [1.807, 2.05) is 18.2 Å². The van der Waals surface area contributed by atoms with Crippen LogP contribution in [0.15, 0.2) is 70.8 Å². The lowest BCUT2D eigenvalue weighted by molar-refractivity contribution is -0.110. The molecule has 4 aromatic rings. The summed E-state index contributed by atoms with van der Waals surface area (Å²) in [5.41, 5.74) is 2.03. The molecule has 202 valence electrons. The summed E-state index contributed by atoms with van der Waals surface area (Å²) in [7, 11) is 1.41. The summed E-state index contributed by atoms with van der Waals surface area (Å²) in [6.45, 7) is -0.308. The van der Waals surface area contributed by atoms with E-state index in [0.29, 0.717) is 23.4 Å². The van der Waals surface area contributed by atoms with Crippen LogP contribution >= 0.6 is 0 Å². The number of aromatic amines is 1. The van der Waals surface area contributed by atoms with Crippen molar-refractivity contribution < 1.29 is 18.4 Å². The Labute approximate surface area is 226 Å². The van der Waals surface area contributed by atoms with Gasteiger partial charge < -0.3 is 14.9 Å². The van der Waals surface area contributed by atoms with E-state index >= 15 is 0 Å². The molecule has 3 heterocycles. The van der Waals surface area contributed by atoms with Gasteiger partial charge in [0.15, 0.2) is 17.4 Å². The number of nitrogens with zero attached hydrogens (tertiary/aromatic N) is 3. The van der Waals surface area contributed by atoms with E-state index in [0.717, 1.165) is 32.4 Å². The molecule has 5 rings (SSSR count). The average molecular weight is 544 g/mol. The molecule has 0 radical (unpaired) electrons. The van der Waals surface area contributed by atoms with Gasteiger partial charge in [0.1, 0.15) is 0 Å². The molecular weight excluding hydrogens is 520 g/mol. The molecule has 0 unspecified atom stereocenters. The normalized spacial score (nSPS) is 13.7. The van der Waals surface area contributed by atoms with Gasteiger partial charge >= 0.3 is 5.69 Å². The number of imidazole rings is 1. The van der Waals surface area contributed by atoms with Gasteiger partial charge in [-0.3, -0.25) is 19.0 Å². The zero-order valence-corrected chi connectivity index (χ0v) is 21.3. The number of aryl methyl sites for hydroxylation is 1. The molecule has 2 aromatic carbocycles. The SMILES string of the molecule is Cn1cc(C(=O)CC/C=C/c2ccc3c(c2)NC(=O)/C3=C\c2cnc[nH]2)c(=O)n(Cc2ccc(F)c(F)c2)c1=O. The average Bonchev–Trinajstić information content (AvgIpc) is 3.56. The second kappa shape index (κ2) is 10.9. The Morgan fingerprint density at radius 2 is 1.90 bits per heavy atom. The Bertz CT molecular complexity index is 1820. The van der Waals surface area contributed by atoms with Gasteiger partial charge in [-0.15, -0.1) is 0 Å². The van der Waals surface area contributed by atoms with E-state index < -0.39 is 28.7 Å². The van der Waals surface area contributed by atoms with Crippen LogP contribution in [0.5, 0.6) is 0 Å². The van der Waals surface area contributed by atoms with Gasteiger partial charge in [0, 0.05) is 30.9 Å². The van der Waals surface area contributed by atoms with Crippen LogP contribution in [-0.2, 0) is 18.4 Å². The first-order valence-electron chi connectivity index (χ1n) is 12.3. The number of fused-ring (bicyclic) bond motifs is 1. The second-order valence-electron chi connectivity index (χ2n) is 9.26. The number of carbonyl (C=O) groups is 2. The molecule has 1 amide bonds. The highest BCUT2D eigenvalue weighted by Gasteiger charge is 2.24. The van der Waals surface area contributed by atoms with Crippen molar-refractivity contribution in [2.24, 2.45) is 7.05 Å². The smallest absolute Gasteiger partial charge is 0.331 e. The largest absolute Gasteiger partial charge is 0.345 e. The van der Waals surface area contributed by atoms with Gasteiger partial charge in [0.2, 0.25) is 0 Å². The highest BCUT2D eigenvalue weighted by molar-refractivity contribution is 6.34. The lowest BCUT2D eigenvalue weighted by atomic mass is 10.0. The number of anilines is 1. The first kappa shape index (κ1) is 26.4. The third-order valence-corrected chi connectivity index (χ3v) is 6.45. The van der Waals surface area contributed by atoms with Crippen molar-refractivity contribution in [1.29, 1.82) is 0 Å². The van der Waals surface area contributed by atoms with Crippen molar-refractivity contribution in [1.82, 2.24) is 19.1 Å². The van der Waals surface area contributed by atoms with E-state index in [9.17, 15) is 28.0 Å². The van der Waals surface area contributed by atoms with Gasteiger partial charge in [-0.05, 0) is 41.8 Å². The summed E-state index contributed by atoms with van der Waals surface area (Å²) >= 11 is 0. The van der Waals surface area contributed by atoms with Crippen molar-refractivity contribution in [3.8, 4) is 0 Å². The molecule has 1 aliphatic heterocycles. The topological polar surface area (TPSA) is 119 Å². The van der Waals surface area contributed by atoms with Gasteiger partial charge in [-0.2, -0.15) is 0 Å². The summed E-state index contributed by atoms with van der Waals surface area (Å²) in [4.78, 5) is 57.7. The Balaban J connectivity index is 1.27. The maximum absolute atomic E-state index is 13.6. The lowest BCUT2D eigenvalue weighted by Gasteiger charge is -2.10. The molecular formula is C29H23F2N5O4. The molecule has 0 aliphatic carbocycles. The molecule has 0 spiro atoms. The molecule has 0 fully saturated rings. The number of benzene rings is 2. The van der Waals surface area contributed by atoms with Crippen LogP contribution < -0.4 is 16.6 Å². The summed E-state index contributed by atoms with van der Waals surface area (Å²) in [5, 5.41) is 2.84. The molecule has 2 N–H and O–H groups in total. The van der Waals surface area contributed by atoms with Crippen molar-refractivity contribution in [2.45, 2.75) is 19.4 Å². The van der Waals surface area contributed by atoms with Crippen LogP contribution in [0.1, 0.15) is 45.6 Å². The number of ketones is 1. The fraction of sp³-hybridized carbons (Fsp3) is 0.138.